The summed E-state index contributed by atoms with van der Waals surface area (Å²) in [5.74, 6) is -0.228. The highest BCUT2D eigenvalue weighted by Gasteiger charge is 2.19. The molecule has 0 aromatic carbocycles. The average molecular weight is 244 g/mol. The third-order valence-electron chi connectivity index (χ3n) is 1.46. The molecule has 1 aliphatic rings. The molecule has 0 atom stereocenters. The van der Waals surface area contributed by atoms with Gasteiger partial charge in [0, 0.05) is 25.6 Å². The second-order valence-corrected chi connectivity index (χ2v) is 2.82. The predicted molar refractivity (Wildman–Crippen MR) is 58.6 cm³/mol. The van der Waals surface area contributed by atoms with Crippen LogP contribution >= 0.6 is 11.6 Å². The van der Waals surface area contributed by atoms with Crippen molar-refractivity contribution in [3.63, 3.8) is 0 Å². The number of urea groups is 1. The summed E-state index contributed by atoms with van der Waals surface area (Å²) in [6.45, 7) is -0.407. The van der Waals surface area contributed by atoms with E-state index < -0.39 is 50.5 Å². The maximum Gasteiger partial charge on any atom is 0.340 e. The molecule has 0 unspecified atom stereocenters. The Balaban J connectivity index is 3.42. The number of hydrogen-bond acceptors (Lipinski definition) is 3. The molecule has 0 heterocycles. The smallest absolute Gasteiger partial charge is 0.334 e. The van der Waals surface area contributed by atoms with Crippen LogP contribution in [0.25, 0.3) is 0 Å². The summed E-state index contributed by atoms with van der Waals surface area (Å²) >= 11 is 5.36. The first-order chi connectivity index (χ1) is 11.0. The van der Waals surface area contributed by atoms with Crippen LogP contribution in [-0.2, 0) is 0 Å². The number of alkyl halides is 1. The Morgan fingerprint density at radius 3 is 2.73 bits per heavy atom. The van der Waals surface area contributed by atoms with E-state index >= 15 is 0 Å². The van der Waals surface area contributed by atoms with Gasteiger partial charge >= 0.3 is 6.03 Å². The van der Waals surface area contributed by atoms with Crippen molar-refractivity contribution in [1.82, 2.24) is 10.3 Å². The van der Waals surface area contributed by atoms with Crippen molar-refractivity contribution in [2.75, 3.05) is 12.4 Å². The molecule has 15 heavy (non-hydrogen) atoms. The molecule has 5 nitrogen and oxygen atoms in total. The number of hydrogen-bond donors (Lipinski definition) is 1. The van der Waals surface area contributed by atoms with Crippen LogP contribution in [0.1, 0.15) is 45.6 Å². The Morgan fingerprint density at radius 2 is 2.20 bits per heavy atom. The highest BCUT2D eigenvalue weighted by Crippen LogP contribution is 2.17. The third kappa shape index (κ3) is 4.03. The largest absolute Gasteiger partial charge is 0.340 e. The predicted octanol–water partition coefficient (Wildman–Crippen LogP) is 2.25. The van der Waals surface area contributed by atoms with Gasteiger partial charge in [-0.1, -0.05) is 19.1 Å². The number of carbonyl (C=O) groups is 1. The van der Waals surface area contributed by atoms with Gasteiger partial charge in [0.25, 0.3) is 0 Å². The fourth-order valence-corrected chi connectivity index (χ4v) is 0.974. The van der Waals surface area contributed by atoms with E-state index in [-0.39, 0.29) is 10.9 Å². The van der Waals surface area contributed by atoms with Gasteiger partial charge in [-0.2, -0.15) is 5.01 Å². The van der Waals surface area contributed by atoms with E-state index in [0.29, 0.717) is 0 Å². The van der Waals surface area contributed by atoms with Crippen LogP contribution in [-0.4, -0.2) is 29.5 Å². The van der Waals surface area contributed by atoms with Crippen molar-refractivity contribution in [3.8, 4) is 0 Å². The minimum Gasteiger partial charge on any atom is -0.334 e. The highest BCUT2D eigenvalue weighted by atomic mass is 35.5. The fraction of sp³-hybridized carbons (Fsp3) is 0.889. The molecular weight excluding hydrogens is 218 g/mol. The average Bonchev–Trinajstić information content (AvgIpc) is 2.47. The van der Waals surface area contributed by atoms with Gasteiger partial charge in [-0.15, -0.1) is 16.5 Å². The standard InChI is InChI=1S/C9H16ClN3O2/c10-6-7-13(12-15)9(14)11-8-4-2-1-3-5-8/h8H,1-7H2,(H,11,14)/i1D2,2D2,3D2,4D2,5D2. The van der Waals surface area contributed by atoms with Gasteiger partial charge in [-0.05, 0) is 12.7 Å². The molecular formula is C9H16ClN3O2. The Labute approximate surface area is 108 Å². The number of rotatable bonds is 4. The number of nitrogens with one attached hydrogen (secondary N) is 1. The number of carbonyl (C=O) groups excluding carboxylic acids is 1. The monoisotopic (exact) mass is 243 g/mol. The van der Waals surface area contributed by atoms with E-state index in [1.54, 1.807) is 5.32 Å². The molecule has 0 spiro atoms. The van der Waals surface area contributed by atoms with Gasteiger partial charge < -0.3 is 5.32 Å². The molecule has 1 aliphatic carbocycles. The van der Waals surface area contributed by atoms with Crippen molar-refractivity contribution in [2.45, 2.75) is 37.9 Å². The van der Waals surface area contributed by atoms with Crippen molar-refractivity contribution < 1.29 is 18.5 Å². The first kappa shape index (κ1) is 4.20. The molecule has 0 bridgehead atoms. The molecule has 0 aliphatic heterocycles. The zero-order chi connectivity index (χ0) is 20.1. The SMILES string of the molecule is [2H]C1([2H])C(NC(=O)N(CCCl)N=O)C([2H])([2H])C([2H])([2H])C([2H])([2H])C1([2H])[2H]. The molecule has 1 fully saturated rings. The van der Waals surface area contributed by atoms with Gasteiger partial charge in [0.2, 0.25) is 0 Å². The van der Waals surface area contributed by atoms with E-state index in [9.17, 15) is 9.70 Å². The van der Waals surface area contributed by atoms with Crippen molar-refractivity contribution in [1.29, 1.82) is 0 Å². The van der Waals surface area contributed by atoms with Crippen LogP contribution in [0.2, 0.25) is 0 Å². The molecule has 0 radical (unpaired) electrons. The summed E-state index contributed by atoms with van der Waals surface area (Å²) in [5.41, 5.74) is 0. The van der Waals surface area contributed by atoms with Crippen molar-refractivity contribution >= 4 is 17.6 Å². The Kier molecular flexibility index (Phi) is 1.85. The second-order valence-electron chi connectivity index (χ2n) is 2.44. The number of nitroso groups, excluding NO2 is 1. The summed E-state index contributed by atoms with van der Waals surface area (Å²) in [5, 5.41) is 4.24. The van der Waals surface area contributed by atoms with Crippen LogP contribution in [0.4, 0.5) is 4.79 Å². The summed E-state index contributed by atoms with van der Waals surface area (Å²) in [6, 6.07) is -3.87. The zero-order valence-electron chi connectivity index (χ0n) is 17.6. The molecule has 2 amide bonds. The van der Waals surface area contributed by atoms with Gasteiger partial charge in [0.1, 0.15) is 0 Å². The molecule has 1 N–H and O–H groups in total. The summed E-state index contributed by atoms with van der Waals surface area (Å²) in [6.07, 6.45) is -17.3. The normalized spacial score (nSPS) is 43.8. The van der Waals surface area contributed by atoms with E-state index in [1.165, 1.54) is 0 Å². The first-order valence-corrected chi connectivity index (χ1v) is 4.54. The minimum atomic E-state index is -3.56. The summed E-state index contributed by atoms with van der Waals surface area (Å²) in [4.78, 5) is 22.6. The number of amides is 2. The fourth-order valence-electron chi connectivity index (χ4n) is 0.813. The Hall–Kier alpha value is -0.840. The molecule has 0 aromatic rings. The zero-order valence-corrected chi connectivity index (χ0v) is 8.34. The Morgan fingerprint density at radius 1 is 1.53 bits per heavy atom. The molecule has 0 saturated heterocycles. The van der Waals surface area contributed by atoms with E-state index in [1.807, 2.05) is 0 Å². The quantitative estimate of drug-likeness (QED) is 0.468. The van der Waals surface area contributed by atoms with Crippen LogP contribution < -0.4 is 5.32 Å². The van der Waals surface area contributed by atoms with Crippen molar-refractivity contribution in [3.05, 3.63) is 4.91 Å². The molecule has 6 heteroatoms. The van der Waals surface area contributed by atoms with Gasteiger partial charge in [0.15, 0.2) is 0 Å². The Bertz CT molecular complexity index is 528. The lowest BCUT2D eigenvalue weighted by Gasteiger charge is -2.24. The molecule has 0 aromatic heterocycles. The summed E-state index contributed by atoms with van der Waals surface area (Å²) < 4.78 is 77.5. The second kappa shape index (κ2) is 6.61. The molecule has 1 rings (SSSR count). The minimum absolute atomic E-state index is 0.202. The first-order valence-electron chi connectivity index (χ1n) is 9.01. The van der Waals surface area contributed by atoms with Crippen LogP contribution in [0.5, 0.6) is 0 Å². The van der Waals surface area contributed by atoms with Crippen LogP contribution in [0.3, 0.4) is 0 Å². The lowest BCUT2D eigenvalue weighted by atomic mass is 9.96. The van der Waals surface area contributed by atoms with Crippen LogP contribution in [0.15, 0.2) is 5.29 Å². The van der Waals surface area contributed by atoms with E-state index in [0.717, 1.165) is 0 Å². The van der Waals surface area contributed by atoms with Gasteiger partial charge in [-0.3, -0.25) is 0 Å². The lowest BCUT2D eigenvalue weighted by molar-refractivity contribution is 0.194. The number of halogens is 1. The summed E-state index contributed by atoms with van der Waals surface area (Å²) in [7, 11) is 0. The molecule has 1 saturated carbocycles. The maximum absolute atomic E-state index is 12.0. The molecule has 86 valence electrons. The maximum atomic E-state index is 12.0. The van der Waals surface area contributed by atoms with Gasteiger partial charge in [-0.25, -0.2) is 4.79 Å². The topological polar surface area (TPSA) is 61.8 Å². The van der Waals surface area contributed by atoms with Gasteiger partial charge in [0.05, 0.1) is 11.8 Å². The van der Waals surface area contributed by atoms with E-state index in [2.05, 4.69) is 5.29 Å². The third-order valence-corrected chi connectivity index (χ3v) is 1.62. The highest BCUT2D eigenvalue weighted by molar-refractivity contribution is 6.18. The number of nitrogens with zero attached hydrogens (tertiary/aromatic N) is 2. The van der Waals surface area contributed by atoms with Crippen molar-refractivity contribution in [2.24, 2.45) is 5.29 Å². The lowest BCUT2D eigenvalue weighted by Crippen LogP contribution is -2.43. The van der Waals surface area contributed by atoms with E-state index in [4.69, 9.17) is 25.3 Å². The van der Waals surface area contributed by atoms with Crippen LogP contribution in [0, 0.1) is 4.91 Å².